The number of hydrogen-bond donors (Lipinski definition) is 0. The largest absolute Gasteiger partial charge is 0.354 e. The highest BCUT2D eigenvalue weighted by molar-refractivity contribution is 9.10. The van der Waals surface area contributed by atoms with Crippen molar-refractivity contribution in [2.75, 3.05) is 0 Å². The maximum atomic E-state index is 6.02. The minimum atomic E-state index is 0.115. The quantitative estimate of drug-likeness (QED) is 0.355. The summed E-state index contributed by atoms with van der Waals surface area (Å²) in [6.07, 6.45) is 0. The van der Waals surface area contributed by atoms with Crippen molar-refractivity contribution in [1.82, 2.24) is 0 Å². The smallest absolute Gasteiger partial charge is 0.106 e. The van der Waals surface area contributed by atoms with Crippen LogP contribution in [0, 0.1) is 0 Å². The molecule has 0 saturated heterocycles. The molecule has 0 aliphatic rings. The number of thioether (sulfide) groups is 2. The Morgan fingerprint density at radius 2 is 1.05 bits per heavy atom. The summed E-state index contributed by atoms with van der Waals surface area (Å²) in [5, 5.41) is 0. The molecular weight excluding hydrogens is 432 g/mol. The molecule has 2 unspecified atom stereocenters. The van der Waals surface area contributed by atoms with E-state index in [2.05, 4.69) is 94.2 Å². The molecule has 0 spiro atoms. The maximum Gasteiger partial charge on any atom is 0.106 e. The van der Waals surface area contributed by atoms with Crippen molar-refractivity contribution in [3.05, 3.63) is 57.5 Å². The monoisotopic (exact) mass is 446 g/mol. The highest BCUT2D eigenvalue weighted by Crippen LogP contribution is 2.31. The van der Waals surface area contributed by atoms with E-state index in [1.54, 1.807) is 23.5 Å². The molecule has 0 aliphatic carbocycles. The van der Waals surface area contributed by atoms with Crippen LogP contribution in [0.5, 0.6) is 0 Å². The van der Waals surface area contributed by atoms with Gasteiger partial charge in [0.25, 0.3) is 0 Å². The van der Waals surface area contributed by atoms with E-state index in [1.165, 1.54) is 9.79 Å². The van der Waals surface area contributed by atoms with Crippen molar-refractivity contribution in [3.63, 3.8) is 0 Å². The zero-order valence-corrected chi connectivity index (χ0v) is 16.6. The van der Waals surface area contributed by atoms with E-state index in [0.29, 0.717) is 0 Å². The molecule has 1 nitrogen and oxygen atoms in total. The molecule has 2 rings (SSSR count). The summed E-state index contributed by atoms with van der Waals surface area (Å²) in [4.78, 5) is 2.43. The molecule has 0 aliphatic heterocycles. The second kappa shape index (κ2) is 8.63. The Hall–Kier alpha value is 0.0600. The molecular formula is C16H16Br2OS2. The van der Waals surface area contributed by atoms with Gasteiger partial charge in [-0.25, -0.2) is 0 Å². The van der Waals surface area contributed by atoms with E-state index in [0.717, 1.165) is 8.95 Å². The molecule has 0 fully saturated rings. The molecule has 0 aromatic heterocycles. The normalized spacial score (nSPS) is 13.9. The van der Waals surface area contributed by atoms with Gasteiger partial charge in [0.15, 0.2) is 0 Å². The maximum absolute atomic E-state index is 6.02. The van der Waals surface area contributed by atoms with Crippen molar-refractivity contribution < 1.29 is 4.74 Å². The van der Waals surface area contributed by atoms with Crippen LogP contribution in [0.4, 0.5) is 0 Å². The van der Waals surface area contributed by atoms with Crippen LogP contribution >= 0.6 is 55.4 Å². The van der Waals surface area contributed by atoms with Crippen LogP contribution in [-0.4, -0.2) is 10.9 Å². The van der Waals surface area contributed by atoms with Crippen molar-refractivity contribution >= 4 is 55.4 Å². The summed E-state index contributed by atoms with van der Waals surface area (Å²) in [6.45, 7) is 4.18. The Morgan fingerprint density at radius 3 is 1.38 bits per heavy atom. The standard InChI is InChI=1S/C16H16Br2OS2/c1-11(20-15-7-3-13(17)4-8-15)19-12(2)21-16-9-5-14(18)6-10-16/h3-12H,1-2H3. The Morgan fingerprint density at radius 1 is 0.714 bits per heavy atom. The van der Waals surface area contributed by atoms with Gasteiger partial charge in [0, 0.05) is 18.7 Å². The first-order valence-electron chi connectivity index (χ1n) is 6.53. The second-order valence-corrected chi connectivity index (χ2v) is 8.99. The molecule has 2 aromatic rings. The third kappa shape index (κ3) is 6.37. The predicted molar refractivity (Wildman–Crippen MR) is 100 cm³/mol. The minimum absolute atomic E-state index is 0.115. The van der Waals surface area contributed by atoms with Gasteiger partial charge < -0.3 is 4.74 Å². The van der Waals surface area contributed by atoms with Crippen molar-refractivity contribution in [1.29, 1.82) is 0 Å². The Labute approximate surface area is 151 Å². The summed E-state index contributed by atoms with van der Waals surface area (Å²) in [6, 6.07) is 16.6. The molecule has 112 valence electrons. The molecule has 0 saturated carbocycles. The van der Waals surface area contributed by atoms with Crippen LogP contribution < -0.4 is 0 Å². The zero-order valence-electron chi connectivity index (χ0n) is 11.8. The van der Waals surface area contributed by atoms with Crippen LogP contribution in [0.15, 0.2) is 67.3 Å². The van der Waals surface area contributed by atoms with Gasteiger partial charge in [-0.1, -0.05) is 55.4 Å². The highest BCUT2D eigenvalue weighted by Gasteiger charge is 2.11. The average molecular weight is 448 g/mol. The van der Waals surface area contributed by atoms with Gasteiger partial charge in [0.2, 0.25) is 0 Å². The van der Waals surface area contributed by atoms with Crippen LogP contribution in [0.3, 0.4) is 0 Å². The fourth-order valence-electron chi connectivity index (χ4n) is 1.74. The summed E-state index contributed by atoms with van der Waals surface area (Å²) in [5.74, 6) is 0. The second-order valence-electron chi connectivity index (χ2n) is 4.41. The fourth-order valence-corrected chi connectivity index (χ4v) is 4.13. The molecule has 0 N–H and O–H groups in total. The zero-order chi connectivity index (χ0) is 15.2. The Balaban J connectivity index is 1.82. The molecule has 21 heavy (non-hydrogen) atoms. The number of ether oxygens (including phenoxy) is 1. The van der Waals surface area contributed by atoms with E-state index in [9.17, 15) is 0 Å². The lowest BCUT2D eigenvalue weighted by molar-refractivity contribution is 0.114. The van der Waals surface area contributed by atoms with E-state index in [1.807, 2.05) is 0 Å². The lowest BCUT2D eigenvalue weighted by atomic mass is 10.4. The van der Waals surface area contributed by atoms with Gasteiger partial charge in [-0.2, -0.15) is 0 Å². The topological polar surface area (TPSA) is 9.23 Å². The lowest BCUT2D eigenvalue weighted by Gasteiger charge is -2.18. The summed E-state index contributed by atoms with van der Waals surface area (Å²) >= 11 is 10.4. The molecule has 2 aromatic carbocycles. The fraction of sp³-hybridized carbons (Fsp3) is 0.250. The van der Waals surface area contributed by atoms with Crippen molar-refractivity contribution in [3.8, 4) is 0 Å². The molecule has 0 radical (unpaired) electrons. The molecule has 0 amide bonds. The minimum Gasteiger partial charge on any atom is -0.354 e. The van der Waals surface area contributed by atoms with Gasteiger partial charge in [0.05, 0.1) is 0 Å². The third-order valence-corrected chi connectivity index (χ3v) is 5.65. The van der Waals surface area contributed by atoms with Crippen molar-refractivity contribution in [2.45, 2.75) is 34.5 Å². The van der Waals surface area contributed by atoms with Crippen LogP contribution in [0.2, 0.25) is 0 Å². The van der Waals surface area contributed by atoms with E-state index in [-0.39, 0.29) is 10.9 Å². The highest BCUT2D eigenvalue weighted by atomic mass is 79.9. The van der Waals surface area contributed by atoms with Gasteiger partial charge in [-0.15, -0.1) is 0 Å². The Kier molecular flexibility index (Phi) is 7.16. The summed E-state index contributed by atoms with van der Waals surface area (Å²) < 4.78 is 8.21. The van der Waals surface area contributed by atoms with E-state index >= 15 is 0 Å². The van der Waals surface area contributed by atoms with Gasteiger partial charge >= 0.3 is 0 Å². The average Bonchev–Trinajstić information content (AvgIpc) is 2.44. The first-order chi connectivity index (χ1) is 10.0. The molecule has 0 heterocycles. The number of rotatable bonds is 6. The predicted octanol–water partition coefficient (Wildman–Crippen LogP) is 6.80. The van der Waals surface area contributed by atoms with E-state index < -0.39 is 0 Å². The van der Waals surface area contributed by atoms with Gasteiger partial charge in [0.1, 0.15) is 10.9 Å². The van der Waals surface area contributed by atoms with Crippen LogP contribution in [-0.2, 0) is 4.74 Å². The number of hydrogen-bond acceptors (Lipinski definition) is 3. The van der Waals surface area contributed by atoms with Crippen LogP contribution in [0.1, 0.15) is 13.8 Å². The molecule has 0 bridgehead atoms. The van der Waals surface area contributed by atoms with Gasteiger partial charge in [-0.3, -0.25) is 0 Å². The first kappa shape index (κ1) is 17.4. The number of halogens is 2. The summed E-state index contributed by atoms with van der Waals surface area (Å²) in [7, 11) is 0. The lowest BCUT2D eigenvalue weighted by Crippen LogP contribution is -2.10. The number of benzene rings is 2. The van der Waals surface area contributed by atoms with Gasteiger partial charge in [-0.05, 0) is 62.4 Å². The van der Waals surface area contributed by atoms with Crippen molar-refractivity contribution in [2.24, 2.45) is 0 Å². The summed E-state index contributed by atoms with van der Waals surface area (Å²) in [5.41, 5.74) is 0.230. The third-order valence-electron chi connectivity index (χ3n) is 2.61. The first-order valence-corrected chi connectivity index (χ1v) is 9.87. The van der Waals surface area contributed by atoms with Crippen LogP contribution in [0.25, 0.3) is 0 Å². The SMILES string of the molecule is CC(OC(C)Sc1ccc(Br)cc1)Sc1ccc(Br)cc1. The Bertz CT molecular complexity index is 506. The molecule has 2 atom stereocenters. The molecule has 5 heteroatoms. The van der Waals surface area contributed by atoms with E-state index in [4.69, 9.17) is 4.74 Å².